The van der Waals surface area contributed by atoms with Crippen LogP contribution in [0.4, 0.5) is 0 Å². The highest BCUT2D eigenvalue weighted by Gasteiger charge is 2.21. The Bertz CT molecular complexity index is 546. The van der Waals surface area contributed by atoms with Crippen molar-refractivity contribution in [1.82, 2.24) is 15.5 Å². The Morgan fingerprint density at radius 3 is 2.69 bits per heavy atom. The number of carbonyl (C=O) groups is 1. The normalized spacial score (nSPS) is 20.7. The Morgan fingerprint density at radius 1 is 1.31 bits per heavy atom. The van der Waals surface area contributed by atoms with Crippen LogP contribution in [-0.2, 0) is 11.2 Å². The van der Waals surface area contributed by atoms with Crippen LogP contribution in [0, 0.1) is 5.92 Å². The van der Waals surface area contributed by atoms with E-state index in [0.29, 0.717) is 6.04 Å². The van der Waals surface area contributed by atoms with Crippen LogP contribution in [0.25, 0.3) is 0 Å². The van der Waals surface area contributed by atoms with Gasteiger partial charge in [-0.3, -0.25) is 4.79 Å². The van der Waals surface area contributed by atoms with Crippen LogP contribution in [0.1, 0.15) is 51.2 Å². The predicted octanol–water partition coefficient (Wildman–Crippen LogP) is 2.80. The fourth-order valence-electron chi connectivity index (χ4n) is 3.40. The predicted molar refractivity (Wildman–Crippen MR) is 105 cm³/mol. The molecule has 6 nitrogen and oxygen atoms in total. The fraction of sp³-hybridized carbons (Fsp3) is 0.700. The van der Waals surface area contributed by atoms with Crippen LogP contribution in [-0.4, -0.2) is 50.0 Å². The minimum Gasteiger partial charge on any atom is -0.469 e. The van der Waals surface area contributed by atoms with E-state index in [1.807, 2.05) is 12.1 Å². The van der Waals surface area contributed by atoms with Gasteiger partial charge < -0.3 is 20.0 Å². The van der Waals surface area contributed by atoms with E-state index in [9.17, 15) is 4.79 Å². The lowest BCUT2D eigenvalue weighted by molar-refractivity contribution is -0.127. The van der Waals surface area contributed by atoms with Crippen LogP contribution < -0.4 is 10.6 Å². The lowest BCUT2D eigenvalue weighted by Gasteiger charge is -2.30. The summed E-state index contributed by atoms with van der Waals surface area (Å²) in [6.07, 6.45) is 9.99. The average Bonchev–Trinajstić information content (AvgIpc) is 3.14. The molecule has 1 heterocycles. The highest BCUT2D eigenvalue weighted by atomic mass is 16.3. The molecule has 0 spiro atoms. The molecule has 0 saturated heterocycles. The third kappa shape index (κ3) is 7.10. The number of hydrogen-bond donors (Lipinski definition) is 2. The largest absolute Gasteiger partial charge is 0.469 e. The third-order valence-electron chi connectivity index (χ3n) is 5.00. The fourth-order valence-corrected chi connectivity index (χ4v) is 3.40. The molecule has 1 amide bonds. The molecule has 1 aromatic rings. The van der Waals surface area contributed by atoms with Gasteiger partial charge in [-0.15, -0.1) is 0 Å². The van der Waals surface area contributed by atoms with Gasteiger partial charge in [-0.2, -0.15) is 0 Å². The Balaban J connectivity index is 1.85. The van der Waals surface area contributed by atoms with Crippen LogP contribution in [0.3, 0.4) is 0 Å². The first-order valence-electron chi connectivity index (χ1n) is 9.85. The van der Waals surface area contributed by atoms with Gasteiger partial charge in [-0.05, 0) is 43.7 Å². The lowest BCUT2D eigenvalue weighted by atomic mass is 9.83. The average molecular weight is 363 g/mol. The number of aliphatic imine (C=N–C) groups is 1. The van der Waals surface area contributed by atoms with Crippen LogP contribution in [0.2, 0.25) is 0 Å². The molecule has 26 heavy (non-hydrogen) atoms. The van der Waals surface area contributed by atoms with Crippen molar-refractivity contribution in [2.24, 2.45) is 10.9 Å². The molecule has 1 fully saturated rings. The third-order valence-corrected chi connectivity index (χ3v) is 5.00. The van der Waals surface area contributed by atoms with Crippen LogP contribution in [0.5, 0.6) is 0 Å². The second-order valence-electron chi connectivity index (χ2n) is 7.36. The molecule has 1 aliphatic carbocycles. The van der Waals surface area contributed by atoms with Crippen molar-refractivity contribution in [3.05, 3.63) is 24.2 Å². The van der Waals surface area contributed by atoms with Crippen molar-refractivity contribution >= 4 is 11.9 Å². The van der Waals surface area contributed by atoms with Crippen molar-refractivity contribution in [2.45, 2.75) is 57.9 Å². The summed E-state index contributed by atoms with van der Waals surface area (Å²) in [5.41, 5.74) is 0. The molecule has 0 atom stereocenters. The topological polar surface area (TPSA) is 69.9 Å². The molecule has 1 aliphatic rings. The number of hydrogen-bond acceptors (Lipinski definition) is 3. The zero-order valence-electron chi connectivity index (χ0n) is 16.5. The molecular formula is C20H34N4O2. The van der Waals surface area contributed by atoms with E-state index in [2.05, 4.69) is 22.5 Å². The van der Waals surface area contributed by atoms with Gasteiger partial charge in [-0.1, -0.05) is 19.8 Å². The van der Waals surface area contributed by atoms with Crippen molar-refractivity contribution in [1.29, 1.82) is 0 Å². The number of nitrogens with one attached hydrogen (secondary N) is 2. The molecular weight excluding hydrogens is 328 g/mol. The molecule has 0 unspecified atom stereocenters. The second-order valence-corrected chi connectivity index (χ2v) is 7.36. The van der Waals surface area contributed by atoms with Crippen molar-refractivity contribution < 1.29 is 9.21 Å². The van der Waals surface area contributed by atoms with Gasteiger partial charge in [0, 0.05) is 33.1 Å². The van der Waals surface area contributed by atoms with Gasteiger partial charge in [0.2, 0.25) is 5.91 Å². The minimum atomic E-state index is 0.00351. The maximum absolute atomic E-state index is 11.9. The molecule has 0 radical (unpaired) electrons. The van der Waals surface area contributed by atoms with Gasteiger partial charge in [-0.25, -0.2) is 4.99 Å². The van der Waals surface area contributed by atoms with Crippen LogP contribution >= 0.6 is 0 Å². The highest BCUT2D eigenvalue weighted by molar-refractivity contribution is 5.84. The van der Waals surface area contributed by atoms with E-state index in [1.54, 1.807) is 25.3 Å². The van der Waals surface area contributed by atoms with E-state index >= 15 is 0 Å². The number of nitrogens with zero attached hydrogens (tertiary/aromatic N) is 2. The van der Waals surface area contributed by atoms with Gasteiger partial charge in [0.05, 0.1) is 6.26 Å². The minimum absolute atomic E-state index is 0.00351. The summed E-state index contributed by atoms with van der Waals surface area (Å²) in [6, 6.07) is 4.30. The van der Waals surface area contributed by atoms with E-state index in [-0.39, 0.29) is 12.5 Å². The van der Waals surface area contributed by atoms with E-state index < -0.39 is 0 Å². The first-order chi connectivity index (χ1) is 12.6. The SMILES string of the molecule is CCCC1CCC(NC(=NCC(=O)N(C)C)NCCc2ccco2)CC1. The van der Waals surface area contributed by atoms with Crippen molar-refractivity contribution in [2.75, 3.05) is 27.2 Å². The summed E-state index contributed by atoms with van der Waals surface area (Å²) in [4.78, 5) is 17.9. The Hall–Kier alpha value is -1.98. The highest BCUT2D eigenvalue weighted by Crippen LogP contribution is 2.27. The summed E-state index contributed by atoms with van der Waals surface area (Å²) in [7, 11) is 3.51. The standard InChI is InChI=1S/C20H34N4O2/c1-4-6-16-8-10-17(11-9-16)23-20(22-15-19(25)24(2)3)21-13-12-18-7-5-14-26-18/h5,7,14,16-17H,4,6,8-13,15H2,1-3H3,(H2,21,22,23). The van der Waals surface area contributed by atoms with Gasteiger partial charge in [0.25, 0.3) is 0 Å². The second kappa shape index (κ2) is 10.9. The van der Waals surface area contributed by atoms with Crippen LogP contribution in [0.15, 0.2) is 27.8 Å². The first-order valence-corrected chi connectivity index (χ1v) is 9.85. The lowest BCUT2D eigenvalue weighted by Crippen LogP contribution is -2.46. The smallest absolute Gasteiger partial charge is 0.243 e. The maximum atomic E-state index is 11.9. The van der Waals surface area contributed by atoms with Crippen molar-refractivity contribution in [3.8, 4) is 0 Å². The molecule has 0 aromatic carbocycles. The Kier molecular flexibility index (Phi) is 8.51. The summed E-state index contributed by atoms with van der Waals surface area (Å²) in [5.74, 6) is 2.55. The molecule has 1 saturated carbocycles. The number of guanidine groups is 1. The molecule has 146 valence electrons. The maximum Gasteiger partial charge on any atom is 0.243 e. The number of rotatable bonds is 8. The monoisotopic (exact) mass is 362 g/mol. The van der Waals surface area contributed by atoms with Crippen molar-refractivity contribution in [3.63, 3.8) is 0 Å². The number of furan rings is 1. The van der Waals surface area contributed by atoms with E-state index in [0.717, 1.165) is 30.6 Å². The zero-order valence-corrected chi connectivity index (χ0v) is 16.5. The van der Waals surface area contributed by atoms with E-state index in [1.165, 1.54) is 38.5 Å². The summed E-state index contributed by atoms with van der Waals surface area (Å²) in [6.45, 7) is 3.15. The quantitative estimate of drug-likeness (QED) is 0.551. The number of likely N-dealkylation sites (N-methyl/N-ethyl adjacent to an activating group) is 1. The summed E-state index contributed by atoms with van der Waals surface area (Å²) < 4.78 is 5.37. The first kappa shape index (κ1) is 20.3. The number of amides is 1. The molecule has 0 bridgehead atoms. The number of carbonyl (C=O) groups excluding carboxylic acids is 1. The molecule has 2 rings (SSSR count). The summed E-state index contributed by atoms with van der Waals surface area (Å²) >= 11 is 0. The van der Waals surface area contributed by atoms with Gasteiger partial charge in [0.15, 0.2) is 5.96 Å². The molecule has 6 heteroatoms. The molecule has 1 aromatic heterocycles. The Morgan fingerprint density at radius 2 is 2.08 bits per heavy atom. The Labute approximate surface area is 157 Å². The van der Waals surface area contributed by atoms with E-state index in [4.69, 9.17) is 4.42 Å². The molecule has 0 aliphatic heterocycles. The summed E-state index contributed by atoms with van der Waals surface area (Å²) in [5, 5.41) is 6.87. The van der Waals surface area contributed by atoms with Gasteiger partial charge in [0.1, 0.15) is 12.3 Å². The van der Waals surface area contributed by atoms with Gasteiger partial charge >= 0.3 is 0 Å². The zero-order chi connectivity index (χ0) is 18.8. The molecule has 2 N–H and O–H groups in total.